The van der Waals surface area contributed by atoms with Gasteiger partial charge < -0.3 is 15.0 Å². The molecule has 2 aliphatic carbocycles. The zero-order chi connectivity index (χ0) is 18.0. The summed E-state index contributed by atoms with van der Waals surface area (Å²) in [5.74, 6) is 0.0835. The number of carbonyl (C=O) groups excluding carboxylic acids is 1. The van der Waals surface area contributed by atoms with Gasteiger partial charge in [0.25, 0.3) is 5.91 Å². The summed E-state index contributed by atoms with van der Waals surface area (Å²) in [5.41, 5.74) is 0.325. The number of hydrogen-bond acceptors (Lipinski definition) is 4. The average Bonchev–Trinajstić information content (AvgIpc) is 3.13. The fourth-order valence-corrected chi connectivity index (χ4v) is 5.34. The molecule has 1 amide bonds. The van der Waals surface area contributed by atoms with Crippen molar-refractivity contribution in [2.45, 2.75) is 65.5 Å². The lowest BCUT2D eigenvalue weighted by molar-refractivity contribution is -0.142. The summed E-state index contributed by atoms with van der Waals surface area (Å²) in [7, 11) is 0. The third-order valence-electron chi connectivity index (χ3n) is 7.60. The van der Waals surface area contributed by atoms with Crippen LogP contribution in [-0.2, 0) is 17.8 Å². The summed E-state index contributed by atoms with van der Waals surface area (Å²) in [5, 5.41) is 20.6. The molecular weight excluding hydrogens is 320 g/mol. The number of carboxylic acids is 1. The number of rotatable bonds is 3. The Kier molecular flexibility index (Phi) is 3.50. The van der Waals surface area contributed by atoms with Crippen LogP contribution >= 0.6 is 0 Å². The van der Waals surface area contributed by atoms with Crippen molar-refractivity contribution in [3.63, 3.8) is 0 Å². The summed E-state index contributed by atoms with van der Waals surface area (Å²) in [6.45, 7) is 7.18. The van der Waals surface area contributed by atoms with Crippen LogP contribution in [0.1, 0.15) is 62.9 Å². The SMILES string of the molecule is CC1(C)[C@@H]2CC[C@@]1(C)[C@H](NC(=O)c1nnc3n1CC(C(=O)O)CC3)C2. The highest BCUT2D eigenvalue weighted by Crippen LogP contribution is 2.65. The van der Waals surface area contributed by atoms with Gasteiger partial charge in [0.15, 0.2) is 0 Å². The molecule has 0 aromatic carbocycles. The Morgan fingerprint density at radius 3 is 2.60 bits per heavy atom. The number of hydrogen-bond donors (Lipinski definition) is 2. The van der Waals surface area contributed by atoms with Crippen LogP contribution in [0.15, 0.2) is 0 Å². The van der Waals surface area contributed by atoms with E-state index in [0.29, 0.717) is 24.6 Å². The summed E-state index contributed by atoms with van der Waals surface area (Å²) in [6, 6.07) is 0.139. The number of amides is 1. The Morgan fingerprint density at radius 1 is 1.24 bits per heavy atom. The van der Waals surface area contributed by atoms with Gasteiger partial charge in [0.2, 0.25) is 5.82 Å². The van der Waals surface area contributed by atoms with Crippen LogP contribution in [0.4, 0.5) is 0 Å². The van der Waals surface area contributed by atoms with Crippen LogP contribution in [0.25, 0.3) is 0 Å². The maximum absolute atomic E-state index is 12.9. The normalized spacial score (nSPS) is 35.4. The Balaban J connectivity index is 1.54. The van der Waals surface area contributed by atoms with Crippen molar-refractivity contribution in [2.75, 3.05) is 0 Å². The number of carbonyl (C=O) groups is 2. The van der Waals surface area contributed by atoms with E-state index in [4.69, 9.17) is 0 Å². The molecule has 1 unspecified atom stereocenters. The molecular formula is C18H26N4O3. The van der Waals surface area contributed by atoms with Crippen molar-refractivity contribution in [1.82, 2.24) is 20.1 Å². The van der Waals surface area contributed by atoms with Gasteiger partial charge in [-0.3, -0.25) is 9.59 Å². The molecule has 2 fully saturated rings. The van der Waals surface area contributed by atoms with Gasteiger partial charge in [-0.2, -0.15) is 0 Å². The molecule has 1 aliphatic heterocycles. The molecule has 2 N–H and O–H groups in total. The van der Waals surface area contributed by atoms with E-state index in [1.54, 1.807) is 4.57 Å². The van der Waals surface area contributed by atoms with E-state index in [1.165, 1.54) is 6.42 Å². The van der Waals surface area contributed by atoms with Gasteiger partial charge in [0, 0.05) is 19.0 Å². The second kappa shape index (κ2) is 5.29. The smallest absolute Gasteiger partial charge is 0.308 e. The van der Waals surface area contributed by atoms with Crippen molar-refractivity contribution in [1.29, 1.82) is 0 Å². The van der Waals surface area contributed by atoms with Crippen molar-refractivity contribution in [2.24, 2.45) is 22.7 Å². The Morgan fingerprint density at radius 2 is 2.00 bits per heavy atom. The molecule has 7 nitrogen and oxygen atoms in total. The third-order valence-corrected chi connectivity index (χ3v) is 7.60. The fourth-order valence-electron chi connectivity index (χ4n) is 5.34. The minimum Gasteiger partial charge on any atom is -0.481 e. The third kappa shape index (κ3) is 2.24. The topological polar surface area (TPSA) is 97.1 Å². The molecule has 1 aromatic heterocycles. The van der Waals surface area contributed by atoms with Crippen LogP contribution in [-0.4, -0.2) is 37.8 Å². The van der Waals surface area contributed by atoms with Crippen molar-refractivity contribution >= 4 is 11.9 Å². The van der Waals surface area contributed by atoms with E-state index in [1.807, 2.05) is 0 Å². The van der Waals surface area contributed by atoms with E-state index >= 15 is 0 Å². The minimum atomic E-state index is -0.826. The van der Waals surface area contributed by atoms with Crippen molar-refractivity contribution in [3.8, 4) is 0 Å². The van der Waals surface area contributed by atoms with E-state index in [0.717, 1.165) is 12.8 Å². The molecule has 4 atom stereocenters. The van der Waals surface area contributed by atoms with Gasteiger partial charge in [0.1, 0.15) is 5.82 Å². The number of fused-ring (bicyclic) bond motifs is 3. The first-order chi connectivity index (χ1) is 11.7. The van der Waals surface area contributed by atoms with E-state index < -0.39 is 11.9 Å². The van der Waals surface area contributed by atoms with E-state index in [-0.39, 0.29) is 35.1 Å². The molecule has 2 heterocycles. The van der Waals surface area contributed by atoms with Crippen LogP contribution < -0.4 is 5.32 Å². The quantitative estimate of drug-likeness (QED) is 0.871. The first-order valence-electron chi connectivity index (χ1n) is 9.20. The second-order valence-electron chi connectivity index (χ2n) is 8.76. The lowest BCUT2D eigenvalue weighted by Gasteiger charge is -2.39. The predicted molar refractivity (Wildman–Crippen MR) is 90.0 cm³/mol. The highest BCUT2D eigenvalue weighted by molar-refractivity contribution is 5.91. The Labute approximate surface area is 147 Å². The standard InChI is InChI=1S/C18H26N4O3/c1-17(2)11-6-7-18(17,3)12(8-11)19-15(23)14-21-20-13-5-4-10(16(24)25)9-22(13)14/h10-12H,4-9H2,1-3H3,(H,19,23)(H,24,25)/t10?,11-,12-,18+/m1/s1. The zero-order valence-electron chi connectivity index (χ0n) is 15.1. The molecule has 136 valence electrons. The molecule has 2 bridgehead atoms. The molecule has 0 radical (unpaired) electrons. The van der Waals surface area contributed by atoms with Gasteiger partial charge in [-0.25, -0.2) is 0 Å². The molecule has 0 saturated heterocycles. The van der Waals surface area contributed by atoms with Gasteiger partial charge in [-0.1, -0.05) is 20.8 Å². The summed E-state index contributed by atoms with van der Waals surface area (Å²) in [4.78, 5) is 24.1. The summed E-state index contributed by atoms with van der Waals surface area (Å²) < 4.78 is 1.69. The van der Waals surface area contributed by atoms with Gasteiger partial charge in [-0.05, 0) is 42.4 Å². The Bertz CT molecular complexity index is 741. The minimum absolute atomic E-state index is 0.0989. The first-order valence-corrected chi connectivity index (χ1v) is 9.20. The maximum Gasteiger partial charge on any atom is 0.308 e. The van der Waals surface area contributed by atoms with Crippen LogP contribution in [0.2, 0.25) is 0 Å². The highest BCUT2D eigenvalue weighted by Gasteiger charge is 2.61. The van der Waals surface area contributed by atoms with Gasteiger partial charge in [0.05, 0.1) is 5.92 Å². The fraction of sp³-hybridized carbons (Fsp3) is 0.778. The lowest BCUT2D eigenvalue weighted by atomic mass is 9.69. The second-order valence-corrected chi connectivity index (χ2v) is 8.76. The molecule has 2 saturated carbocycles. The number of carboxylic acid groups (broad SMARTS) is 1. The van der Waals surface area contributed by atoms with E-state index in [9.17, 15) is 14.7 Å². The molecule has 3 aliphatic rings. The lowest BCUT2D eigenvalue weighted by Crippen LogP contribution is -2.47. The molecule has 7 heteroatoms. The number of aromatic nitrogens is 3. The molecule has 1 aromatic rings. The monoisotopic (exact) mass is 346 g/mol. The van der Waals surface area contributed by atoms with Crippen LogP contribution in [0, 0.1) is 22.7 Å². The molecule has 0 spiro atoms. The molecule has 4 rings (SSSR count). The largest absolute Gasteiger partial charge is 0.481 e. The maximum atomic E-state index is 12.9. The van der Waals surface area contributed by atoms with E-state index in [2.05, 4.69) is 36.3 Å². The predicted octanol–water partition coefficient (Wildman–Crippen LogP) is 1.87. The highest BCUT2D eigenvalue weighted by atomic mass is 16.4. The number of aryl methyl sites for hydroxylation is 1. The first kappa shape index (κ1) is 16.5. The molecule has 25 heavy (non-hydrogen) atoms. The number of aliphatic carboxylic acids is 1. The van der Waals surface area contributed by atoms with Gasteiger partial charge in [-0.15, -0.1) is 10.2 Å². The van der Waals surface area contributed by atoms with Crippen molar-refractivity contribution in [3.05, 3.63) is 11.6 Å². The number of nitrogens with zero attached hydrogens (tertiary/aromatic N) is 3. The van der Waals surface area contributed by atoms with Crippen molar-refractivity contribution < 1.29 is 14.7 Å². The Hall–Kier alpha value is -1.92. The zero-order valence-corrected chi connectivity index (χ0v) is 15.1. The van der Waals surface area contributed by atoms with Crippen LogP contribution in [0.3, 0.4) is 0 Å². The van der Waals surface area contributed by atoms with Crippen LogP contribution in [0.5, 0.6) is 0 Å². The summed E-state index contributed by atoms with van der Waals surface area (Å²) in [6.07, 6.45) is 4.47. The van der Waals surface area contributed by atoms with Gasteiger partial charge >= 0.3 is 5.97 Å². The number of nitrogens with one attached hydrogen (secondary N) is 1. The summed E-state index contributed by atoms with van der Waals surface area (Å²) >= 11 is 0. The average molecular weight is 346 g/mol.